The molecule has 0 saturated carbocycles. The van der Waals surface area contributed by atoms with E-state index in [2.05, 4.69) is 6.92 Å². The molecule has 1 N–H and O–H groups in total. The van der Waals surface area contributed by atoms with Crippen LogP contribution in [-0.2, 0) is 0 Å². The third-order valence-electron chi connectivity index (χ3n) is 1.32. The van der Waals surface area contributed by atoms with Crippen LogP contribution in [0.1, 0.15) is 33.1 Å². The molecule has 0 heterocycles. The van der Waals surface area contributed by atoms with Crippen LogP contribution in [0.5, 0.6) is 0 Å². The first-order valence-corrected chi connectivity index (χ1v) is 6.45. The van der Waals surface area contributed by atoms with E-state index in [-0.39, 0.29) is 6.10 Å². The molecule has 0 saturated heterocycles. The molecule has 2 heteroatoms. The van der Waals surface area contributed by atoms with E-state index in [0.717, 1.165) is 21.4 Å². The Bertz CT molecular complexity index is 64.3. The van der Waals surface area contributed by atoms with Gasteiger partial charge in [-0.15, -0.1) is 0 Å². The van der Waals surface area contributed by atoms with Crippen molar-refractivity contribution in [3.05, 3.63) is 0 Å². The van der Waals surface area contributed by atoms with Crippen molar-refractivity contribution < 1.29 is 5.11 Å². The summed E-state index contributed by atoms with van der Waals surface area (Å²) in [6, 6.07) is 0. The maximum atomic E-state index is 8.92. The SMILES string of the molecule is CCCC[Se]CC[C@@H](C)O. The van der Waals surface area contributed by atoms with Gasteiger partial charge in [0.15, 0.2) is 0 Å². The topological polar surface area (TPSA) is 20.2 Å². The normalized spacial score (nSPS) is 13.5. The van der Waals surface area contributed by atoms with Gasteiger partial charge in [-0.3, -0.25) is 0 Å². The van der Waals surface area contributed by atoms with Crippen LogP contribution in [0.4, 0.5) is 0 Å². The third-order valence-corrected chi connectivity index (χ3v) is 3.63. The molecular weight excluding hydrogens is 191 g/mol. The molecule has 0 unspecified atom stereocenters. The predicted octanol–water partition coefficient (Wildman–Crippen LogP) is 2.10. The molecule has 10 heavy (non-hydrogen) atoms. The van der Waals surface area contributed by atoms with Crippen molar-refractivity contribution in [2.24, 2.45) is 0 Å². The first-order valence-electron chi connectivity index (χ1n) is 4.03. The van der Waals surface area contributed by atoms with E-state index in [0.29, 0.717) is 0 Å². The fraction of sp³-hybridized carbons (Fsp3) is 1.00. The van der Waals surface area contributed by atoms with Gasteiger partial charge in [0.2, 0.25) is 0 Å². The van der Waals surface area contributed by atoms with Crippen LogP contribution < -0.4 is 0 Å². The number of aliphatic hydroxyl groups is 1. The second-order valence-electron chi connectivity index (χ2n) is 2.60. The maximum absolute atomic E-state index is 8.92. The minimum absolute atomic E-state index is 0.0801. The van der Waals surface area contributed by atoms with Crippen molar-refractivity contribution in [3.63, 3.8) is 0 Å². The Balaban J connectivity index is 2.77. The van der Waals surface area contributed by atoms with Gasteiger partial charge in [0.25, 0.3) is 0 Å². The van der Waals surface area contributed by atoms with Gasteiger partial charge in [-0.25, -0.2) is 0 Å². The number of hydrogen-bond donors (Lipinski definition) is 1. The van der Waals surface area contributed by atoms with E-state index in [1.54, 1.807) is 0 Å². The van der Waals surface area contributed by atoms with Crippen LogP contribution in [0.3, 0.4) is 0 Å². The summed E-state index contributed by atoms with van der Waals surface area (Å²) in [5.41, 5.74) is 0. The molecule has 0 aliphatic heterocycles. The van der Waals surface area contributed by atoms with Crippen LogP contribution in [0, 0.1) is 0 Å². The summed E-state index contributed by atoms with van der Waals surface area (Å²) in [5, 5.41) is 11.6. The molecule has 0 aromatic carbocycles. The summed E-state index contributed by atoms with van der Waals surface area (Å²) in [6.07, 6.45) is 3.61. The Morgan fingerprint density at radius 2 is 2.10 bits per heavy atom. The van der Waals surface area contributed by atoms with Crippen LogP contribution in [-0.4, -0.2) is 26.2 Å². The summed E-state index contributed by atoms with van der Waals surface area (Å²) >= 11 is 0.799. The average molecular weight is 209 g/mol. The Kier molecular flexibility index (Phi) is 7.95. The Morgan fingerprint density at radius 1 is 1.40 bits per heavy atom. The van der Waals surface area contributed by atoms with Crippen molar-refractivity contribution >= 4 is 15.0 Å². The molecule has 0 aliphatic rings. The molecule has 0 aromatic heterocycles. The van der Waals surface area contributed by atoms with E-state index in [1.165, 1.54) is 23.5 Å². The number of unbranched alkanes of at least 4 members (excludes halogenated alkanes) is 1. The number of hydrogen-bond acceptors (Lipinski definition) is 1. The molecule has 0 spiro atoms. The molecule has 0 aromatic rings. The second kappa shape index (κ2) is 7.58. The minimum atomic E-state index is -0.0801. The molecular formula is C8H18OSe. The molecule has 0 rings (SSSR count). The van der Waals surface area contributed by atoms with Gasteiger partial charge in [0.1, 0.15) is 0 Å². The van der Waals surface area contributed by atoms with Crippen molar-refractivity contribution in [1.29, 1.82) is 0 Å². The van der Waals surface area contributed by atoms with Crippen molar-refractivity contribution in [1.82, 2.24) is 0 Å². The Labute approximate surface area is 70.4 Å². The quantitative estimate of drug-likeness (QED) is 0.524. The fourth-order valence-electron chi connectivity index (χ4n) is 0.602. The van der Waals surface area contributed by atoms with Crippen LogP contribution in [0.25, 0.3) is 0 Å². The summed E-state index contributed by atoms with van der Waals surface area (Å²) < 4.78 is 0. The van der Waals surface area contributed by atoms with Gasteiger partial charge in [0, 0.05) is 0 Å². The van der Waals surface area contributed by atoms with Crippen molar-refractivity contribution in [2.75, 3.05) is 0 Å². The number of aliphatic hydroxyl groups excluding tert-OH is 1. The first-order chi connectivity index (χ1) is 4.77. The monoisotopic (exact) mass is 210 g/mol. The number of rotatable bonds is 6. The van der Waals surface area contributed by atoms with Crippen LogP contribution in [0.15, 0.2) is 0 Å². The average Bonchev–Trinajstić information content (AvgIpc) is 1.87. The van der Waals surface area contributed by atoms with Gasteiger partial charge in [-0.1, -0.05) is 0 Å². The molecule has 0 fully saturated rings. The van der Waals surface area contributed by atoms with Gasteiger partial charge >= 0.3 is 69.9 Å². The van der Waals surface area contributed by atoms with E-state index in [9.17, 15) is 0 Å². The Hall–Kier alpha value is 0.479. The molecule has 0 amide bonds. The molecule has 1 atom stereocenters. The van der Waals surface area contributed by atoms with Crippen LogP contribution in [0.2, 0.25) is 10.6 Å². The first kappa shape index (κ1) is 10.5. The summed E-state index contributed by atoms with van der Waals surface area (Å²) in [7, 11) is 0. The van der Waals surface area contributed by atoms with E-state index >= 15 is 0 Å². The van der Waals surface area contributed by atoms with Gasteiger partial charge in [0.05, 0.1) is 0 Å². The molecule has 0 radical (unpaired) electrons. The van der Waals surface area contributed by atoms with Gasteiger partial charge < -0.3 is 0 Å². The predicted molar refractivity (Wildman–Crippen MR) is 46.6 cm³/mol. The van der Waals surface area contributed by atoms with E-state index < -0.39 is 0 Å². The zero-order valence-electron chi connectivity index (χ0n) is 6.97. The summed E-state index contributed by atoms with van der Waals surface area (Å²) in [5.74, 6) is 0. The van der Waals surface area contributed by atoms with Crippen molar-refractivity contribution in [3.8, 4) is 0 Å². The van der Waals surface area contributed by atoms with E-state index in [4.69, 9.17) is 5.11 Å². The third kappa shape index (κ3) is 8.48. The summed E-state index contributed by atoms with van der Waals surface area (Å²) in [6.45, 7) is 4.10. The second-order valence-corrected chi connectivity index (χ2v) is 5.17. The molecule has 1 nitrogen and oxygen atoms in total. The van der Waals surface area contributed by atoms with Gasteiger partial charge in [-0.2, -0.15) is 0 Å². The molecule has 62 valence electrons. The molecule has 0 aliphatic carbocycles. The van der Waals surface area contributed by atoms with E-state index in [1.807, 2.05) is 6.92 Å². The zero-order valence-corrected chi connectivity index (χ0v) is 8.68. The zero-order chi connectivity index (χ0) is 7.82. The van der Waals surface area contributed by atoms with Crippen molar-refractivity contribution in [2.45, 2.75) is 49.9 Å². The standard InChI is InChI=1S/C8H18OSe/c1-3-4-6-10-7-5-8(2)9/h8-9H,3-7H2,1-2H3/t8-/m1/s1. The molecule has 0 bridgehead atoms. The summed E-state index contributed by atoms with van der Waals surface area (Å²) in [4.78, 5) is 0. The van der Waals surface area contributed by atoms with Gasteiger partial charge in [-0.05, 0) is 0 Å². The van der Waals surface area contributed by atoms with Crippen LogP contribution >= 0.6 is 0 Å². The Morgan fingerprint density at radius 3 is 2.60 bits per heavy atom. The fourth-order valence-corrected chi connectivity index (χ4v) is 3.13.